The van der Waals surface area contributed by atoms with Crippen LogP contribution in [0.5, 0.6) is 0 Å². The van der Waals surface area contributed by atoms with E-state index in [4.69, 9.17) is 14.5 Å². The SMILES string of the molecule is O=C(NCOP(=O)(O)O)OCc1ccccc1. The van der Waals surface area contributed by atoms with E-state index in [2.05, 4.69) is 4.52 Å². The van der Waals surface area contributed by atoms with Crippen LogP contribution in [0.4, 0.5) is 4.79 Å². The Morgan fingerprint density at radius 2 is 1.94 bits per heavy atom. The largest absolute Gasteiger partial charge is 0.471 e. The zero-order chi connectivity index (χ0) is 12.7. The van der Waals surface area contributed by atoms with E-state index in [1.807, 2.05) is 11.4 Å². The van der Waals surface area contributed by atoms with E-state index in [1.54, 1.807) is 24.3 Å². The van der Waals surface area contributed by atoms with E-state index in [-0.39, 0.29) is 6.61 Å². The molecule has 0 spiro atoms. The van der Waals surface area contributed by atoms with Crippen molar-refractivity contribution in [3.8, 4) is 0 Å². The van der Waals surface area contributed by atoms with Crippen molar-refractivity contribution in [2.24, 2.45) is 0 Å². The molecule has 0 atom stereocenters. The second-order valence-corrected chi connectivity index (χ2v) is 4.24. The Labute approximate surface area is 97.6 Å². The maximum atomic E-state index is 11.0. The van der Waals surface area contributed by atoms with Crippen molar-refractivity contribution in [2.75, 3.05) is 6.73 Å². The molecule has 0 radical (unpaired) electrons. The minimum atomic E-state index is -4.57. The maximum Gasteiger partial charge on any atom is 0.471 e. The van der Waals surface area contributed by atoms with Crippen LogP contribution >= 0.6 is 7.82 Å². The second kappa shape index (κ2) is 6.36. The molecular weight excluding hydrogens is 249 g/mol. The summed E-state index contributed by atoms with van der Waals surface area (Å²) in [6.07, 6.45) is -0.817. The molecule has 0 aliphatic heterocycles. The second-order valence-electron chi connectivity index (χ2n) is 3.00. The monoisotopic (exact) mass is 261 g/mol. The molecule has 7 nitrogen and oxygen atoms in total. The van der Waals surface area contributed by atoms with Gasteiger partial charge in [-0.1, -0.05) is 30.3 Å². The minimum Gasteiger partial charge on any atom is -0.445 e. The van der Waals surface area contributed by atoms with Crippen molar-refractivity contribution in [3.63, 3.8) is 0 Å². The molecule has 1 rings (SSSR count). The van der Waals surface area contributed by atoms with Crippen LogP contribution in [0.15, 0.2) is 30.3 Å². The van der Waals surface area contributed by atoms with Gasteiger partial charge in [-0.2, -0.15) is 0 Å². The fraction of sp³-hybridized carbons (Fsp3) is 0.222. The lowest BCUT2D eigenvalue weighted by molar-refractivity contribution is 0.123. The Morgan fingerprint density at radius 1 is 1.29 bits per heavy atom. The smallest absolute Gasteiger partial charge is 0.445 e. The highest BCUT2D eigenvalue weighted by Gasteiger charge is 2.13. The highest BCUT2D eigenvalue weighted by Crippen LogP contribution is 2.34. The summed E-state index contributed by atoms with van der Waals surface area (Å²) < 4.78 is 19.0. The van der Waals surface area contributed by atoms with Crippen LogP contribution < -0.4 is 5.32 Å². The van der Waals surface area contributed by atoms with E-state index in [1.165, 1.54) is 0 Å². The summed E-state index contributed by atoms with van der Waals surface area (Å²) in [5.41, 5.74) is 0.804. The maximum absolute atomic E-state index is 11.0. The zero-order valence-electron chi connectivity index (χ0n) is 8.78. The summed E-state index contributed by atoms with van der Waals surface area (Å²) in [7, 11) is -4.57. The molecule has 0 unspecified atom stereocenters. The van der Waals surface area contributed by atoms with Crippen LogP contribution in [0.2, 0.25) is 0 Å². The number of phosphoric acid groups is 1. The first-order valence-corrected chi connectivity index (χ1v) is 6.15. The average Bonchev–Trinajstić information content (AvgIpc) is 2.26. The van der Waals surface area contributed by atoms with E-state index in [9.17, 15) is 9.36 Å². The summed E-state index contributed by atoms with van der Waals surface area (Å²) in [5, 5.41) is 2.03. The number of hydrogen-bond acceptors (Lipinski definition) is 4. The van der Waals surface area contributed by atoms with Gasteiger partial charge >= 0.3 is 13.9 Å². The van der Waals surface area contributed by atoms with Crippen molar-refractivity contribution in [3.05, 3.63) is 35.9 Å². The number of phosphoric ester groups is 1. The molecule has 0 aromatic heterocycles. The van der Waals surface area contributed by atoms with Gasteiger partial charge in [-0.15, -0.1) is 0 Å². The third-order valence-corrected chi connectivity index (χ3v) is 2.13. The van der Waals surface area contributed by atoms with Gasteiger partial charge in [-0.3, -0.25) is 9.84 Å². The van der Waals surface area contributed by atoms with Crippen molar-refractivity contribution in [1.82, 2.24) is 5.32 Å². The van der Waals surface area contributed by atoms with Crippen LogP contribution in [-0.4, -0.2) is 22.6 Å². The third-order valence-electron chi connectivity index (χ3n) is 1.66. The Kier molecular flexibility index (Phi) is 5.11. The normalized spacial score (nSPS) is 10.9. The lowest BCUT2D eigenvalue weighted by Crippen LogP contribution is -2.26. The lowest BCUT2D eigenvalue weighted by atomic mass is 10.2. The van der Waals surface area contributed by atoms with Crippen LogP contribution in [-0.2, 0) is 20.4 Å². The summed E-state index contributed by atoms with van der Waals surface area (Å²) in [6.45, 7) is -0.541. The number of hydrogen-bond donors (Lipinski definition) is 3. The van der Waals surface area contributed by atoms with Gasteiger partial charge in [-0.25, -0.2) is 9.36 Å². The molecule has 1 aromatic rings. The van der Waals surface area contributed by atoms with Crippen LogP contribution in [0.1, 0.15) is 5.56 Å². The predicted molar refractivity (Wildman–Crippen MR) is 57.8 cm³/mol. The number of carbonyl (C=O) groups is 1. The first-order valence-electron chi connectivity index (χ1n) is 4.62. The molecule has 0 fully saturated rings. The summed E-state index contributed by atoms with van der Waals surface area (Å²) in [4.78, 5) is 27.7. The summed E-state index contributed by atoms with van der Waals surface area (Å²) >= 11 is 0. The first-order chi connectivity index (χ1) is 7.97. The average molecular weight is 261 g/mol. The number of ether oxygens (including phenoxy) is 1. The quantitative estimate of drug-likeness (QED) is 0.539. The number of benzene rings is 1. The number of alkyl carbamates (subject to hydrolysis) is 1. The predicted octanol–water partition coefficient (Wildman–Crippen LogP) is 0.980. The highest BCUT2D eigenvalue weighted by molar-refractivity contribution is 7.46. The van der Waals surface area contributed by atoms with Gasteiger partial charge in [0, 0.05) is 0 Å². The Morgan fingerprint density at radius 3 is 2.53 bits per heavy atom. The van der Waals surface area contributed by atoms with Gasteiger partial charge in [0.1, 0.15) is 13.3 Å². The molecular formula is C9H12NO6P. The van der Waals surface area contributed by atoms with Crippen molar-refractivity contribution < 1.29 is 28.4 Å². The first kappa shape index (κ1) is 13.7. The molecule has 0 heterocycles. The molecule has 1 aromatic carbocycles. The molecule has 94 valence electrons. The van der Waals surface area contributed by atoms with Gasteiger partial charge in [-0.05, 0) is 5.56 Å². The standard InChI is InChI=1S/C9H12NO6P/c11-9(10-7-16-17(12,13)14)15-6-8-4-2-1-3-5-8/h1-5H,6-7H2,(H,10,11)(H2,12,13,14). The number of carbonyl (C=O) groups excluding carboxylic acids is 1. The topological polar surface area (TPSA) is 105 Å². The molecule has 17 heavy (non-hydrogen) atoms. The van der Waals surface area contributed by atoms with Gasteiger partial charge in [0.2, 0.25) is 0 Å². The van der Waals surface area contributed by atoms with Crippen molar-refractivity contribution >= 4 is 13.9 Å². The summed E-state index contributed by atoms with van der Waals surface area (Å²) in [5.74, 6) is 0. The number of amides is 1. The van der Waals surface area contributed by atoms with Crippen molar-refractivity contribution in [2.45, 2.75) is 6.61 Å². The number of rotatable bonds is 5. The number of nitrogens with one attached hydrogen (secondary N) is 1. The molecule has 0 saturated heterocycles. The molecule has 0 aliphatic carbocycles. The van der Waals surface area contributed by atoms with Crippen LogP contribution in [0.25, 0.3) is 0 Å². The van der Waals surface area contributed by atoms with Gasteiger partial charge in [0.15, 0.2) is 0 Å². The lowest BCUT2D eigenvalue weighted by Gasteiger charge is -2.08. The fourth-order valence-corrected chi connectivity index (χ4v) is 1.18. The van der Waals surface area contributed by atoms with Crippen LogP contribution in [0.3, 0.4) is 0 Å². The van der Waals surface area contributed by atoms with Gasteiger partial charge < -0.3 is 14.5 Å². The van der Waals surface area contributed by atoms with E-state index >= 15 is 0 Å². The zero-order valence-corrected chi connectivity index (χ0v) is 9.67. The molecule has 0 saturated carbocycles. The third kappa shape index (κ3) is 6.70. The fourth-order valence-electron chi connectivity index (χ4n) is 0.949. The molecule has 0 bridgehead atoms. The molecule has 0 aliphatic rings. The van der Waals surface area contributed by atoms with Gasteiger partial charge in [0.25, 0.3) is 0 Å². The Bertz CT molecular complexity index is 403. The molecule has 1 amide bonds. The van der Waals surface area contributed by atoms with E-state index in [0.29, 0.717) is 0 Å². The molecule has 3 N–H and O–H groups in total. The van der Waals surface area contributed by atoms with Gasteiger partial charge in [0.05, 0.1) is 0 Å². The summed E-state index contributed by atoms with van der Waals surface area (Å²) in [6, 6.07) is 8.98. The molecule has 8 heteroatoms. The van der Waals surface area contributed by atoms with E-state index < -0.39 is 20.6 Å². The van der Waals surface area contributed by atoms with E-state index in [0.717, 1.165) is 5.56 Å². The van der Waals surface area contributed by atoms with Crippen LogP contribution in [0, 0.1) is 0 Å². The highest BCUT2D eigenvalue weighted by atomic mass is 31.2. The Balaban J connectivity index is 2.20. The minimum absolute atomic E-state index is 0.0720. The van der Waals surface area contributed by atoms with Crippen molar-refractivity contribution in [1.29, 1.82) is 0 Å². The Hall–Kier alpha value is -1.40.